The zero-order chi connectivity index (χ0) is 25.3. The van der Waals surface area contributed by atoms with E-state index in [4.69, 9.17) is 14.2 Å². The number of nitro benzene ring substituents is 1. The SMILES string of the molecule is CN1c2ccccc2C(C)(C)C12C=Cc1cc([N+](=O)[O-])cc(N3CCOCCOCCOCC3)c1S2. The van der Waals surface area contributed by atoms with Crippen molar-refractivity contribution < 1.29 is 19.1 Å². The molecule has 0 radical (unpaired) electrons. The van der Waals surface area contributed by atoms with Gasteiger partial charge in [0.1, 0.15) is 4.87 Å². The number of benzene rings is 2. The van der Waals surface area contributed by atoms with Crippen molar-refractivity contribution in [3.05, 3.63) is 63.7 Å². The molecule has 1 spiro atoms. The number of para-hydroxylation sites is 1. The lowest BCUT2D eigenvalue weighted by Crippen LogP contribution is -2.50. The third-order valence-electron chi connectivity index (χ3n) is 7.47. The van der Waals surface area contributed by atoms with E-state index in [0.717, 1.165) is 16.1 Å². The van der Waals surface area contributed by atoms with Crippen LogP contribution in [0.4, 0.5) is 17.1 Å². The summed E-state index contributed by atoms with van der Waals surface area (Å²) < 4.78 is 17.1. The lowest BCUT2D eigenvalue weighted by Gasteiger charge is -2.46. The van der Waals surface area contributed by atoms with Crippen molar-refractivity contribution >= 4 is 34.9 Å². The van der Waals surface area contributed by atoms with Gasteiger partial charge in [-0.3, -0.25) is 10.1 Å². The summed E-state index contributed by atoms with van der Waals surface area (Å²) in [6.07, 6.45) is 4.28. The minimum Gasteiger partial charge on any atom is -0.377 e. The van der Waals surface area contributed by atoms with E-state index in [-0.39, 0.29) is 20.9 Å². The molecule has 3 aliphatic rings. The molecule has 2 aromatic carbocycles. The summed E-state index contributed by atoms with van der Waals surface area (Å²) in [6, 6.07) is 11.9. The molecular weight excluding hydrogens is 478 g/mol. The molecule has 0 amide bonds. The normalized spacial score (nSPS) is 24.1. The largest absolute Gasteiger partial charge is 0.377 e. The highest BCUT2D eigenvalue weighted by Crippen LogP contribution is 2.61. The van der Waals surface area contributed by atoms with E-state index in [2.05, 4.69) is 67.1 Å². The van der Waals surface area contributed by atoms with Crippen LogP contribution in [0.25, 0.3) is 6.08 Å². The van der Waals surface area contributed by atoms with E-state index in [1.165, 1.54) is 11.3 Å². The number of nitrogens with zero attached hydrogens (tertiary/aromatic N) is 3. The zero-order valence-corrected chi connectivity index (χ0v) is 21.9. The number of hydrogen-bond acceptors (Lipinski definition) is 8. The third kappa shape index (κ3) is 4.28. The van der Waals surface area contributed by atoms with E-state index in [0.29, 0.717) is 52.7 Å². The Balaban J connectivity index is 1.56. The lowest BCUT2D eigenvalue weighted by molar-refractivity contribution is -0.384. The van der Waals surface area contributed by atoms with Gasteiger partial charge in [0, 0.05) is 48.3 Å². The summed E-state index contributed by atoms with van der Waals surface area (Å²) in [5.74, 6) is 0. The fourth-order valence-electron chi connectivity index (χ4n) is 5.43. The first-order chi connectivity index (χ1) is 17.3. The van der Waals surface area contributed by atoms with Crippen molar-refractivity contribution in [2.24, 2.45) is 0 Å². The summed E-state index contributed by atoms with van der Waals surface area (Å²) in [5, 5.41) is 11.9. The molecule has 2 aromatic rings. The number of hydrogen-bond donors (Lipinski definition) is 0. The van der Waals surface area contributed by atoms with Crippen LogP contribution < -0.4 is 9.80 Å². The number of nitro groups is 1. The van der Waals surface area contributed by atoms with Crippen molar-refractivity contribution in [3.8, 4) is 0 Å². The molecule has 1 unspecified atom stereocenters. The Hall–Kier alpha value is -2.59. The van der Waals surface area contributed by atoms with Crippen molar-refractivity contribution in [3.63, 3.8) is 0 Å². The van der Waals surface area contributed by atoms with Crippen LogP contribution in [0.3, 0.4) is 0 Å². The van der Waals surface area contributed by atoms with Crippen molar-refractivity contribution in [2.75, 3.05) is 69.6 Å². The van der Waals surface area contributed by atoms with Gasteiger partial charge in [0.2, 0.25) is 0 Å². The number of non-ortho nitro benzene ring substituents is 1. The van der Waals surface area contributed by atoms with E-state index in [1.807, 2.05) is 0 Å². The highest BCUT2D eigenvalue weighted by atomic mass is 32.2. The van der Waals surface area contributed by atoms with Crippen molar-refractivity contribution in [1.29, 1.82) is 0 Å². The Morgan fingerprint density at radius 2 is 1.58 bits per heavy atom. The van der Waals surface area contributed by atoms with Crippen LogP contribution in [0.5, 0.6) is 0 Å². The second-order valence-electron chi connectivity index (χ2n) is 9.80. The minimum absolute atomic E-state index is 0.0913. The first kappa shape index (κ1) is 25.1. The van der Waals surface area contributed by atoms with Crippen molar-refractivity contribution in [1.82, 2.24) is 0 Å². The highest BCUT2D eigenvalue weighted by molar-refractivity contribution is 8.01. The van der Waals surface area contributed by atoms with Gasteiger partial charge in [-0.2, -0.15) is 0 Å². The summed E-state index contributed by atoms with van der Waals surface area (Å²) in [6.45, 7) is 8.86. The van der Waals surface area contributed by atoms with Gasteiger partial charge in [-0.1, -0.05) is 49.9 Å². The lowest BCUT2D eigenvalue weighted by atomic mass is 9.79. The van der Waals surface area contributed by atoms with Gasteiger partial charge in [0.05, 0.1) is 50.3 Å². The molecule has 1 fully saturated rings. The van der Waals surface area contributed by atoms with E-state index in [9.17, 15) is 10.1 Å². The summed E-state index contributed by atoms with van der Waals surface area (Å²) in [4.78, 5) is 16.8. The highest BCUT2D eigenvalue weighted by Gasteiger charge is 2.56. The Morgan fingerprint density at radius 3 is 2.22 bits per heavy atom. The summed E-state index contributed by atoms with van der Waals surface area (Å²) >= 11 is 1.78. The zero-order valence-electron chi connectivity index (χ0n) is 21.1. The molecule has 5 rings (SSSR count). The molecule has 0 aromatic heterocycles. The van der Waals surface area contributed by atoms with E-state index in [1.54, 1.807) is 23.9 Å². The van der Waals surface area contributed by atoms with Crippen LogP contribution >= 0.6 is 11.8 Å². The van der Waals surface area contributed by atoms with E-state index < -0.39 is 0 Å². The van der Waals surface area contributed by atoms with Gasteiger partial charge in [-0.15, -0.1) is 0 Å². The Bertz CT molecular complexity index is 1160. The standard InChI is InChI=1S/C27H33N3O5S/c1-26(2)22-6-4-5-7-23(22)28(3)27(26)9-8-20-18-21(30(31)32)19-24(25(20)36-27)29-10-12-33-14-16-35-17-15-34-13-11-29/h4-9,18-19H,10-17H2,1-3H3. The van der Waals surface area contributed by atoms with Gasteiger partial charge >= 0.3 is 0 Å². The molecular formula is C27H33N3O5S. The molecule has 8 nitrogen and oxygen atoms in total. The molecule has 0 aliphatic carbocycles. The number of rotatable bonds is 2. The van der Waals surface area contributed by atoms with Gasteiger partial charge in [-0.05, 0) is 23.3 Å². The average molecular weight is 512 g/mol. The minimum atomic E-state index is -0.370. The Kier molecular flexibility index (Phi) is 7.00. The topological polar surface area (TPSA) is 77.3 Å². The number of thioether (sulfide) groups is 1. The number of likely N-dealkylation sites (N-methyl/N-ethyl adjacent to an activating group) is 1. The second-order valence-corrected chi connectivity index (χ2v) is 11.0. The Morgan fingerprint density at radius 1 is 0.944 bits per heavy atom. The van der Waals surface area contributed by atoms with Gasteiger partial charge in [-0.25, -0.2) is 0 Å². The van der Waals surface area contributed by atoms with Crippen LogP contribution in [0.1, 0.15) is 25.0 Å². The van der Waals surface area contributed by atoms with Gasteiger partial charge < -0.3 is 24.0 Å². The molecule has 3 aliphatic heterocycles. The number of fused-ring (bicyclic) bond motifs is 2. The maximum Gasteiger partial charge on any atom is 0.272 e. The fraction of sp³-hybridized carbons (Fsp3) is 0.481. The van der Waals surface area contributed by atoms with Crippen LogP contribution in [0.2, 0.25) is 0 Å². The number of ether oxygens (including phenoxy) is 3. The first-order valence-corrected chi connectivity index (χ1v) is 13.2. The van der Waals surface area contributed by atoms with E-state index >= 15 is 0 Å². The predicted octanol–water partition coefficient (Wildman–Crippen LogP) is 4.71. The fourth-order valence-corrected chi connectivity index (χ4v) is 7.02. The third-order valence-corrected chi connectivity index (χ3v) is 9.35. The molecule has 0 N–H and O–H groups in total. The van der Waals surface area contributed by atoms with Crippen molar-refractivity contribution in [2.45, 2.75) is 29.0 Å². The molecule has 0 bridgehead atoms. The Labute approximate surface area is 216 Å². The average Bonchev–Trinajstić information content (AvgIpc) is 3.02. The molecule has 1 atom stereocenters. The van der Waals surface area contributed by atoms with Gasteiger partial charge in [0.15, 0.2) is 0 Å². The molecule has 9 heteroatoms. The molecule has 1 saturated heterocycles. The number of anilines is 2. The maximum absolute atomic E-state index is 11.9. The monoisotopic (exact) mass is 511 g/mol. The second kappa shape index (κ2) is 10.0. The van der Waals surface area contributed by atoms with Crippen LogP contribution in [-0.4, -0.2) is 69.6 Å². The maximum atomic E-state index is 11.9. The molecule has 3 heterocycles. The molecule has 36 heavy (non-hydrogen) atoms. The van der Waals surface area contributed by atoms with Gasteiger partial charge in [0.25, 0.3) is 5.69 Å². The summed E-state index contributed by atoms with van der Waals surface area (Å²) in [7, 11) is 2.14. The van der Waals surface area contributed by atoms with Crippen LogP contribution in [-0.2, 0) is 19.6 Å². The first-order valence-electron chi connectivity index (χ1n) is 12.4. The quantitative estimate of drug-likeness (QED) is 0.424. The summed E-state index contributed by atoms with van der Waals surface area (Å²) in [5.41, 5.74) is 4.14. The predicted molar refractivity (Wildman–Crippen MR) is 143 cm³/mol. The van der Waals surface area contributed by atoms with Crippen LogP contribution in [0.15, 0.2) is 47.4 Å². The molecule has 0 saturated carbocycles. The molecule has 192 valence electrons. The van der Waals surface area contributed by atoms with Crippen LogP contribution in [0, 0.1) is 10.1 Å². The smallest absolute Gasteiger partial charge is 0.272 e.